The molecule has 0 unspecified atom stereocenters. The minimum atomic E-state index is -1.12. The van der Waals surface area contributed by atoms with Crippen molar-refractivity contribution in [1.29, 1.82) is 0 Å². The molecule has 0 atom stereocenters. The number of carbonyl (C=O) groups excluding carboxylic acids is 1. The number of carboxylic acid groups (broad SMARTS) is 1. The SMILES string of the molecule is CC(C)(C)OC(=O)N1CCC(Cc2cccc(Cl)c2F)(C(=O)O)CC1. The Bertz CT molecular complexity index is 664. The van der Waals surface area contributed by atoms with Gasteiger partial charge in [-0.2, -0.15) is 0 Å². The van der Waals surface area contributed by atoms with E-state index >= 15 is 0 Å². The number of amides is 1. The summed E-state index contributed by atoms with van der Waals surface area (Å²) in [5.74, 6) is -1.57. The maximum Gasteiger partial charge on any atom is 0.410 e. The van der Waals surface area contributed by atoms with Gasteiger partial charge in [0.2, 0.25) is 0 Å². The Hall–Kier alpha value is -1.82. The standard InChI is InChI=1S/C18H23ClFNO4/c1-17(2,3)25-16(24)21-9-7-18(8-10-21,15(22)23)11-12-5-4-6-13(19)14(12)20/h4-6H,7-11H2,1-3H3,(H,22,23). The monoisotopic (exact) mass is 371 g/mol. The lowest BCUT2D eigenvalue weighted by Gasteiger charge is -2.39. The molecule has 5 nitrogen and oxygen atoms in total. The Morgan fingerprint density at radius 2 is 1.92 bits per heavy atom. The molecule has 1 N–H and O–H groups in total. The van der Waals surface area contributed by atoms with Gasteiger partial charge in [0.25, 0.3) is 0 Å². The van der Waals surface area contributed by atoms with Crippen molar-refractivity contribution in [2.75, 3.05) is 13.1 Å². The first-order valence-corrected chi connectivity index (χ1v) is 8.56. The molecule has 1 saturated heterocycles. The third kappa shape index (κ3) is 4.63. The van der Waals surface area contributed by atoms with Crippen molar-refractivity contribution in [2.24, 2.45) is 5.41 Å². The van der Waals surface area contributed by atoms with Crippen LogP contribution in [0, 0.1) is 11.2 Å². The van der Waals surface area contributed by atoms with E-state index in [1.54, 1.807) is 32.9 Å². The fourth-order valence-corrected chi connectivity index (χ4v) is 3.15. The number of carbonyl (C=O) groups is 2. The molecule has 25 heavy (non-hydrogen) atoms. The number of halogens is 2. The summed E-state index contributed by atoms with van der Waals surface area (Å²) in [6.07, 6.45) is 0.0400. The lowest BCUT2D eigenvalue weighted by Crippen LogP contribution is -2.48. The molecule has 1 aromatic carbocycles. The van der Waals surface area contributed by atoms with E-state index in [1.807, 2.05) is 0 Å². The van der Waals surface area contributed by atoms with Crippen LogP contribution in [0.15, 0.2) is 18.2 Å². The highest BCUT2D eigenvalue weighted by molar-refractivity contribution is 6.30. The number of piperidine rings is 1. The molecule has 1 aromatic rings. The van der Waals surface area contributed by atoms with Crippen LogP contribution in [0.2, 0.25) is 5.02 Å². The summed E-state index contributed by atoms with van der Waals surface area (Å²) >= 11 is 5.79. The number of likely N-dealkylation sites (tertiary alicyclic amines) is 1. The minimum absolute atomic E-state index is 0.0239. The second-order valence-corrected chi connectivity index (χ2v) is 7.85. The number of benzene rings is 1. The first-order chi connectivity index (χ1) is 11.5. The molecule has 138 valence electrons. The van der Waals surface area contributed by atoms with Crippen molar-refractivity contribution in [1.82, 2.24) is 4.90 Å². The van der Waals surface area contributed by atoms with Crippen molar-refractivity contribution in [3.8, 4) is 0 Å². The van der Waals surface area contributed by atoms with Gasteiger partial charge in [-0.25, -0.2) is 9.18 Å². The quantitative estimate of drug-likeness (QED) is 0.867. The van der Waals surface area contributed by atoms with Gasteiger partial charge in [0.05, 0.1) is 10.4 Å². The van der Waals surface area contributed by atoms with Crippen LogP contribution < -0.4 is 0 Å². The summed E-state index contributed by atoms with van der Waals surface area (Å²) in [6.45, 7) is 5.84. The summed E-state index contributed by atoms with van der Waals surface area (Å²) in [4.78, 5) is 25.5. The third-order valence-electron chi connectivity index (χ3n) is 4.39. The van der Waals surface area contributed by atoms with E-state index in [1.165, 1.54) is 11.0 Å². The van der Waals surface area contributed by atoms with Crippen LogP contribution in [0.1, 0.15) is 39.2 Å². The van der Waals surface area contributed by atoms with Gasteiger partial charge in [0.15, 0.2) is 0 Å². The summed E-state index contributed by atoms with van der Waals surface area (Å²) in [5, 5.41) is 9.71. The number of hydrogen-bond donors (Lipinski definition) is 1. The zero-order valence-corrected chi connectivity index (χ0v) is 15.4. The number of hydrogen-bond acceptors (Lipinski definition) is 3. The van der Waals surface area contributed by atoms with Crippen LogP contribution in [-0.4, -0.2) is 40.8 Å². The number of rotatable bonds is 3. The van der Waals surface area contributed by atoms with Gasteiger partial charge in [-0.1, -0.05) is 23.7 Å². The summed E-state index contributed by atoms with van der Waals surface area (Å²) in [6, 6.07) is 4.58. The molecule has 2 rings (SSSR count). The topological polar surface area (TPSA) is 66.8 Å². The van der Waals surface area contributed by atoms with Gasteiger partial charge < -0.3 is 14.7 Å². The third-order valence-corrected chi connectivity index (χ3v) is 4.68. The average Bonchev–Trinajstić information content (AvgIpc) is 2.50. The zero-order valence-electron chi connectivity index (χ0n) is 14.6. The van der Waals surface area contributed by atoms with E-state index in [9.17, 15) is 19.1 Å². The second kappa shape index (κ2) is 7.20. The van der Waals surface area contributed by atoms with Crippen LogP contribution in [0.3, 0.4) is 0 Å². The number of nitrogens with zero attached hydrogens (tertiary/aromatic N) is 1. The maximum atomic E-state index is 14.2. The minimum Gasteiger partial charge on any atom is -0.481 e. The molecular weight excluding hydrogens is 349 g/mol. The number of aliphatic carboxylic acids is 1. The van der Waals surface area contributed by atoms with Crippen molar-refractivity contribution in [3.05, 3.63) is 34.6 Å². The van der Waals surface area contributed by atoms with Crippen molar-refractivity contribution >= 4 is 23.7 Å². The molecule has 1 amide bonds. The van der Waals surface area contributed by atoms with Crippen LogP contribution in [0.4, 0.5) is 9.18 Å². The Morgan fingerprint density at radius 1 is 1.32 bits per heavy atom. The van der Waals surface area contributed by atoms with Crippen LogP contribution in [-0.2, 0) is 16.0 Å². The van der Waals surface area contributed by atoms with Crippen molar-refractivity contribution < 1.29 is 23.8 Å². The average molecular weight is 372 g/mol. The normalized spacial score (nSPS) is 17.2. The first-order valence-electron chi connectivity index (χ1n) is 8.18. The molecule has 1 fully saturated rings. The molecule has 0 aromatic heterocycles. The molecule has 0 aliphatic carbocycles. The molecule has 0 spiro atoms. The molecule has 0 bridgehead atoms. The van der Waals surface area contributed by atoms with E-state index in [-0.39, 0.29) is 42.9 Å². The van der Waals surface area contributed by atoms with Gasteiger partial charge in [-0.05, 0) is 51.7 Å². The highest BCUT2D eigenvalue weighted by Crippen LogP contribution is 2.37. The van der Waals surface area contributed by atoms with E-state index in [0.29, 0.717) is 0 Å². The summed E-state index contributed by atoms with van der Waals surface area (Å²) in [5.41, 5.74) is -1.45. The predicted molar refractivity (Wildman–Crippen MR) is 92.2 cm³/mol. The summed E-state index contributed by atoms with van der Waals surface area (Å²) in [7, 11) is 0. The Kier molecular flexibility index (Phi) is 5.62. The summed E-state index contributed by atoms with van der Waals surface area (Å²) < 4.78 is 19.5. The van der Waals surface area contributed by atoms with Crippen LogP contribution in [0.5, 0.6) is 0 Å². The van der Waals surface area contributed by atoms with Crippen molar-refractivity contribution in [3.63, 3.8) is 0 Å². The van der Waals surface area contributed by atoms with E-state index < -0.39 is 28.9 Å². The Labute approximate surface area is 151 Å². The highest BCUT2D eigenvalue weighted by Gasteiger charge is 2.43. The highest BCUT2D eigenvalue weighted by atomic mass is 35.5. The molecule has 1 aliphatic heterocycles. The zero-order chi connectivity index (χ0) is 18.8. The molecule has 7 heteroatoms. The molecule has 0 radical (unpaired) electrons. The fourth-order valence-electron chi connectivity index (χ4n) is 2.96. The van der Waals surface area contributed by atoms with Crippen LogP contribution in [0.25, 0.3) is 0 Å². The fraction of sp³-hybridized carbons (Fsp3) is 0.556. The van der Waals surface area contributed by atoms with E-state index in [4.69, 9.17) is 16.3 Å². The predicted octanol–water partition coefficient (Wildman–Crippen LogP) is 4.12. The van der Waals surface area contributed by atoms with Gasteiger partial charge >= 0.3 is 12.1 Å². The smallest absolute Gasteiger partial charge is 0.410 e. The van der Waals surface area contributed by atoms with Gasteiger partial charge in [0.1, 0.15) is 11.4 Å². The van der Waals surface area contributed by atoms with Gasteiger partial charge in [-0.3, -0.25) is 4.79 Å². The van der Waals surface area contributed by atoms with Gasteiger partial charge in [0, 0.05) is 13.1 Å². The second-order valence-electron chi connectivity index (χ2n) is 7.44. The molecular formula is C18H23ClFNO4. The van der Waals surface area contributed by atoms with E-state index in [0.717, 1.165) is 0 Å². The Morgan fingerprint density at radius 3 is 2.44 bits per heavy atom. The lowest BCUT2D eigenvalue weighted by molar-refractivity contribution is -0.152. The Balaban J connectivity index is 2.12. The first kappa shape index (κ1) is 19.5. The van der Waals surface area contributed by atoms with Crippen molar-refractivity contribution in [2.45, 2.75) is 45.6 Å². The van der Waals surface area contributed by atoms with E-state index in [2.05, 4.69) is 0 Å². The largest absolute Gasteiger partial charge is 0.481 e. The number of carboxylic acids is 1. The molecule has 1 heterocycles. The van der Waals surface area contributed by atoms with Crippen LogP contribution >= 0.6 is 11.6 Å². The maximum absolute atomic E-state index is 14.2. The lowest BCUT2D eigenvalue weighted by atomic mass is 9.74. The molecule has 1 aliphatic rings. The number of ether oxygens (including phenoxy) is 1. The van der Waals surface area contributed by atoms with Gasteiger partial charge in [-0.15, -0.1) is 0 Å². The molecule has 0 saturated carbocycles.